The molecule has 0 radical (unpaired) electrons. The number of nitrogens with one attached hydrogen (secondary N) is 1. The van der Waals surface area contributed by atoms with E-state index in [0.717, 1.165) is 11.1 Å². The number of benzene rings is 1. The summed E-state index contributed by atoms with van der Waals surface area (Å²) in [5.74, 6) is -0.167. The minimum Gasteiger partial charge on any atom is -0.486 e. The van der Waals surface area contributed by atoms with Crippen LogP contribution in [0, 0.1) is 5.82 Å². The number of halogens is 2. The van der Waals surface area contributed by atoms with E-state index in [-0.39, 0.29) is 24.2 Å². The Hall–Kier alpha value is -1.65. The first kappa shape index (κ1) is 14.8. The summed E-state index contributed by atoms with van der Waals surface area (Å²) < 4.78 is 19.4. The molecule has 0 bridgehead atoms. The van der Waals surface area contributed by atoms with Gasteiger partial charge < -0.3 is 10.1 Å². The van der Waals surface area contributed by atoms with E-state index in [1.807, 2.05) is 20.0 Å². The lowest BCUT2D eigenvalue weighted by Crippen LogP contribution is -2.12. The van der Waals surface area contributed by atoms with Gasteiger partial charge in [0.25, 0.3) is 0 Å². The molecule has 1 heterocycles. The van der Waals surface area contributed by atoms with E-state index in [4.69, 9.17) is 16.3 Å². The number of ether oxygens (including phenoxy) is 1. The highest BCUT2D eigenvalue weighted by Gasteiger charge is 2.09. The summed E-state index contributed by atoms with van der Waals surface area (Å²) in [6.45, 7) is 2.17. The van der Waals surface area contributed by atoms with Gasteiger partial charge in [-0.2, -0.15) is 0 Å². The van der Waals surface area contributed by atoms with E-state index in [1.54, 1.807) is 18.3 Å². The van der Waals surface area contributed by atoms with Crippen LogP contribution in [0.2, 0.25) is 5.02 Å². The number of pyridine rings is 1. The van der Waals surface area contributed by atoms with E-state index >= 15 is 0 Å². The van der Waals surface area contributed by atoms with Gasteiger partial charge in [0.1, 0.15) is 6.61 Å². The first-order valence-electron chi connectivity index (χ1n) is 6.29. The molecule has 0 aliphatic carbocycles. The second kappa shape index (κ2) is 6.68. The lowest BCUT2D eigenvalue weighted by atomic mass is 10.1. The van der Waals surface area contributed by atoms with Crippen molar-refractivity contribution in [2.24, 2.45) is 0 Å². The first-order valence-corrected chi connectivity index (χ1v) is 6.67. The largest absolute Gasteiger partial charge is 0.486 e. The fourth-order valence-electron chi connectivity index (χ4n) is 1.75. The molecule has 0 saturated carbocycles. The van der Waals surface area contributed by atoms with Crippen LogP contribution in [-0.4, -0.2) is 12.0 Å². The van der Waals surface area contributed by atoms with E-state index in [9.17, 15) is 4.39 Å². The van der Waals surface area contributed by atoms with Crippen molar-refractivity contribution in [3.8, 4) is 5.75 Å². The van der Waals surface area contributed by atoms with Crippen molar-refractivity contribution in [3.63, 3.8) is 0 Å². The molecule has 0 amide bonds. The molecule has 0 spiro atoms. The summed E-state index contributed by atoms with van der Waals surface area (Å²) in [5, 5.41) is 3.57. The molecule has 0 fully saturated rings. The number of aromatic nitrogens is 1. The highest BCUT2D eigenvalue weighted by molar-refractivity contribution is 6.31. The number of rotatable bonds is 5. The smallest absolute Gasteiger partial charge is 0.165 e. The number of nitrogens with zero attached hydrogens (tertiary/aromatic N) is 1. The van der Waals surface area contributed by atoms with Crippen molar-refractivity contribution in [1.29, 1.82) is 0 Å². The van der Waals surface area contributed by atoms with Crippen molar-refractivity contribution < 1.29 is 9.13 Å². The van der Waals surface area contributed by atoms with Gasteiger partial charge in [-0.15, -0.1) is 0 Å². The summed E-state index contributed by atoms with van der Waals surface area (Å²) in [6, 6.07) is 6.79. The predicted molar refractivity (Wildman–Crippen MR) is 77.5 cm³/mol. The van der Waals surface area contributed by atoms with E-state index in [0.29, 0.717) is 5.02 Å². The maximum Gasteiger partial charge on any atom is 0.165 e. The van der Waals surface area contributed by atoms with E-state index < -0.39 is 0 Å². The SMILES string of the molecule is CNC(C)c1ccc(OCc2ccncc2Cl)c(F)c1. The Kier molecular flexibility index (Phi) is 4.93. The molecule has 2 aromatic rings. The van der Waals surface area contributed by atoms with Crippen LogP contribution in [0.25, 0.3) is 0 Å². The average Bonchev–Trinajstić information content (AvgIpc) is 2.46. The molecule has 2 rings (SSSR count). The van der Waals surface area contributed by atoms with Crippen LogP contribution in [0.3, 0.4) is 0 Å². The Morgan fingerprint density at radius 2 is 2.20 bits per heavy atom. The van der Waals surface area contributed by atoms with Crippen LogP contribution in [0.15, 0.2) is 36.7 Å². The molecule has 1 aromatic heterocycles. The lowest BCUT2D eigenvalue weighted by Gasteiger charge is -2.13. The fourth-order valence-corrected chi connectivity index (χ4v) is 1.92. The molecular weight excluding hydrogens is 279 g/mol. The minimum absolute atomic E-state index is 0.0909. The third kappa shape index (κ3) is 3.46. The summed E-state index contributed by atoms with van der Waals surface area (Å²) in [7, 11) is 1.83. The van der Waals surface area contributed by atoms with Gasteiger partial charge in [0.2, 0.25) is 0 Å². The van der Waals surface area contributed by atoms with Gasteiger partial charge in [-0.3, -0.25) is 4.98 Å². The van der Waals surface area contributed by atoms with Crippen LogP contribution in [0.5, 0.6) is 5.75 Å². The van der Waals surface area contributed by atoms with Crippen LogP contribution < -0.4 is 10.1 Å². The van der Waals surface area contributed by atoms with Gasteiger partial charge in [0.05, 0.1) is 5.02 Å². The molecule has 3 nitrogen and oxygen atoms in total. The topological polar surface area (TPSA) is 34.1 Å². The summed E-state index contributed by atoms with van der Waals surface area (Å²) in [6.07, 6.45) is 3.16. The fraction of sp³-hybridized carbons (Fsp3) is 0.267. The highest BCUT2D eigenvalue weighted by atomic mass is 35.5. The Bertz CT molecular complexity index is 592. The van der Waals surface area contributed by atoms with Gasteiger partial charge in [-0.1, -0.05) is 17.7 Å². The maximum atomic E-state index is 14.0. The number of hydrogen-bond donors (Lipinski definition) is 1. The lowest BCUT2D eigenvalue weighted by molar-refractivity contribution is 0.290. The third-order valence-electron chi connectivity index (χ3n) is 3.13. The molecule has 0 aliphatic rings. The molecule has 1 N–H and O–H groups in total. The monoisotopic (exact) mass is 294 g/mol. The van der Waals surface area contributed by atoms with E-state index in [1.165, 1.54) is 12.3 Å². The average molecular weight is 295 g/mol. The predicted octanol–water partition coefficient (Wildman–Crippen LogP) is 3.73. The third-order valence-corrected chi connectivity index (χ3v) is 3.47. The molecule has 0 saturated heterocycles. The molecule has 1 atom stereocenters. The van der Waals surface area contributed by atoms with Crippen molar-refractivity contribution in [3.05, 3.63) is 58.6 Å². The standard InChI is InChI=1S/C15H16ClFN2O/c1-10(18-2)11-3-4-15(14(17)7-11)20-9-12-5-6-19-8-13(12)16/h3-8,10,18H,9H2,1-2H3. The summed E-state index contributed by atoms with van der Waals surface area (Å²) in [5.41, 5.74) is 1.65. The van der Waals surface area contributed by atoms with Crippen molar-refractivity contribution in [2.45, 2.75) is 19.6 Å². The van der Waals surface area contributed by atoms with Gasteiger partial charge >= 0.3 is 0 Å². The zero-order chi connectivity index (χ0) is 14.5. The molecule has 1 aromatic carbocycles. The Morgan fingerprint density at radius 1 is 1.40 bits per heavy atom. The van der Waals surface area contributed by atoms with Gasteiger partial charge in [0.15, 0.2) is 11.6 Å². The molecule has 106 valence electrons. The van der Waals surface area contributed by atoms with E-state index in [2.05, 4.69) is 10.3 Å². The Labute approximate surface area is 122 Å². The van der Waals surface area contributed by atoms with Gasteiger partial charge in [-0.05, 0) is 37.7 Å². The normalized spacial score (nSPS) is 12.2. The van der Waals surface area contributed by atoms with Crippen LogP contribution in [0.4, 0.5) is 4.39 Å². The second-order valence-electron chi connectivity index (χ2n) is 4.46. The van der Waals surface area contributed by atoms with Crippen LogP contribution >= 0.6 is 11.6 Å². The molecule has 5 heteroatoms. The van der Waals surface area contributed by atoms with Crippen molar-refractivity contribution in [1.82, 2.24) is 10.3 Å². The zero-order valence-electron chi connectivity index (χ0n) is 11.4. The maximum absolute atomic E-state index is 14.0. The van der Waals surface area contributed by atoms with Gasteiger partial charge in [0, 0.05) is 24.0 Å². The zero-order valence-corrected chi connectivity index (χ0v) is 12.1. The molecule has 1 unspecified atom stereocenters. The summed E-state index contributed by atoms with van der Waals surface area (Å²) >= 11 is 5.97. The van der Waals surface area contributed by atoms with Crippen LogP contribution in [0.1, 0.15) is 24.1 Å². The molecule has 20 heavy (non-hydrogen) atoms. The second-order valence-corrected chi connectivity index (χ2v) is 4.86. The van der Waals surface area contributed by atoms with Crippen molar-refractivity contribution >= 4 is 11.6 Å². The minimum atomic E-state index is -0.380. The van der Waals surface area contributed by atoms with Crippen molar-refractivity contribution in [2.75, 3.05) is 7.05 Å². The first-order chi connectivity index (χ1) is 9.61. The molecular formula is C15H16ClFN2O. The quantitative estimate of drug-likeness (QED) is 0.912. The molecule has 0 aliphatic heterocycles. The Morgan fingerprint density at radius 3 is 2.85 bits per heavy atom. The number of hydrogen-bond acceptors (Lipinski definition) is 3. The highest BCUT2D eigenvalue weighted by Crippen LogP contribution is 2.23. The Balaban J connectivity index is 2.09. The van der Waals surface area contributed by atoms with Crippen LogP contribution in [-0.2, 0) is 6.61 Å². The van der Waals surface area contributed by atoms with Gasteiger partial charge in [-0.25, -0.2) is 4.39 Å². The summed E-state index contributed by atoms with van der Waals surface area (Å²) in [4.78, 5) is 3.89.